The summed E-state index contributed by atoms with van der Waals surface area (Å²) in [6, 6.07) is 5.69. The summed E-state index contributed by atoms with van der Waals surface area (Å²) in [6.07, 6.45) is -0.594. The molecule has 0 bridgehead atoms. The summed E-state index contributed by atoms with van der Waals surface area (Å²) in [6.45, 7) is 18.2. The molecule has 1 N–H and O–H groups in total. The lowest BCUT2D eigenvalue weighted by Gasteiger charge is -2.48. The Morgan fingerprint density at radius 3 is 2.49 bits per heavy atom. The van der Waals surface area contributed by atoms with Crippen molar-refractivity contribution in [2.75, 3.05) is 19.9 Å². The minimum atomic E-state index is -1.33. The predicted molar refractivity (Wildman–Crippen MR) is 148 cm³/mol. The molecular weight excluding hydrogens is 551 g/mol. The summed E-state index contributed by atoms with van der Waals surface area (Å²) in [5.41, 5.74) is -1.38. The Labute approximate surface area is 223 Å². The molecule has 6 nitrogen and oxygen atoms in total. The summed E-state index contributed by atoms with van der Waals surface area (Å²) >= 11 is 4.73. The molecule has 0 aliphatic carbocycles. The number of nitrogens with zero attached hydrogens (tertiary/aromatic N) is 2. The quantitative estimate of drug-likeness (QED) is 0.214. The number of carbonyl (C=O) groups excluding carboxylic acids is 1. The van der Waals surface area contributed by atoms with Crippen LogP contribution in [0.15, 0.2) is 27.7 Å². The first-order valence-electron chi connectivity index (χ1n) is 11.9. The molecule has 10 heteroatoms. The van der Waals surface area contributed by atoms with Crippen molar-refractivity contribution in [2.24, 2.45) is 10.9 Å². The second-order valence-electron chi connectivity index (χ2n) is 11.7. The Balaban J connectivity index is 2.56. The molecule has 1 aromatic rings. The van der Waals surface area contributed by atoms with Gasteiger partial charge in [-0.25, -0.2) is 14.1 Å². The molecular formula is C25H40BrFN2O4SSi. The van der Waals surface area contributed by atoms with Crippen molar-refractivity contribution in [2.45, 2.75) is 83.1 Å². The highest BCUT2D eigenvalue weighted by Gasteiger charge is 2.51. The SMILES string of the molecule is C[C@@H]1[C@@](C)(CO)SC(N(COCC[Si](C)(C)C)C(=O)OC(C)(C)C)=N[C@]1(C)c1cc(Br)ccc1F. The molecule has 0 fully saturated rings. The Morgan fingerprint density at radius 1 is 1.31 bits per heavy atom. The maximum absolute atomic E-state index is 15.1. The molecule has 35 heavy (non-hydrogen) atoms. The Morgan fingerprint density at radius 2 is 1.94 bits per heavy atom. The maximum Gasteiger partial charge on any atom is 0.418 e. The fourth-order valence-electron chi connectivity index (χ4n) is 3.71. The van der Waals surface area contributed by atoms with Gasteiger partial charge in [0.1, 0.15) is 18.1 Å². The monoisotopic (exact) mass is 590 g/mol. The van der Waals surface area contributed by atoms with Crippen LogP contribution in [0.5, 0.6) is 0 Å². The van der Waals surface area contributed by atoms with Crippen molar-refractivity contribution in [1.29, 1.82) is 0 Å². The minimum absolute atomic E-state index is 0.0435. The van der Waals surface area contributed by atoms with E-state index in [1.165, 1.54) is 22.7 Å². The number of hydrogen-bond donors (Lipinski definition) is 1. The summed E-state index contributed by atoms with van der Waals surface area (Å²) in [5.74, 6) is -0.654. The Hall–Kier alpha value is -0.943. The van der Waals surface area contributed by atoms with Crippen molar-refractivity contribution in [3.63, 3.8) is 0 Å². The van der Waals surface area contributed by atoms with E-state index in [4.69, 9.17) is 14.5 Å². The molecule has 2 rings (SSSR count). The summed E-state index contributed by atoms with van der Waals surface area (Å²) < 4.78 is 26.7. The second kappa shape index (κ2) is 11.2. The normalized spacial score (nSPS) is 25.3. The van der Waals surface area contributed by atoms with Gasteiger partial charge in [-0.1, -0.05) is 54.3 Å². The number of aliphatic hydroxyl groups is 1. The minimum Gasteiger partial charge on any atom is -0.443 e. The van der Waals surface area contributed by atoms with E-state index in [1.54, 1.807) is 32.9 Å². The van der Waals surface area contributed by atoms with Crippen LogP contribution in [0.25, 0.3) is 0 Å². The van der Waals surface area contributed by atoms with Crippen molar-refractivity contribution in [3.05, 3.63) is 34.1 Å². The number of ether oxygens (including phenoxy) is 2. The number of rotatable bonds is 7. The lowest BCUT2D eigenvalue weighted by Crippen LogP contribution is -2.53. The standard InChI is InChI=1S/C25H40BrFN2O4SSi/c1-17-24(5,15-30)34-21(28-25(17,6)19-14-18(26)10-11-20(19)27)29(22(31)33-23(2,3)4)16-32-12-13-35(7,8)9/h10-11,14,17,30H,12-13,15-16H2,1-9H3/t17-,24-,25+/m1/s1. The Kier molecular flexibility index (Phi) is 9.70. The third-order valence-corrected chi connectivity index (χ3v) is 9.90. The smallest absolute Gasteiger partial charge is 0.418 e. The fraction of sp³-hybridized carbons (Fsp3) is 0.680. The first-order chi connectivity index (χ1) is 15.9. The molecule has 1 aliphatic heterocycles. The summed E-state index contributed by atoms with van der Waals surface area (Å²) in [5, 5.41) is 10.7. The van der Waals surface area contributed by atoms with E-state index in [0.717, 1.165) is 10.5 Å². The van der Waals surface area contributed by atoms with Crippen LogP contribution in [-0.2, 0) is 15.0 Å². The number of carbonyl (C=O) groups is 1. The molecule has 0 radical (unpaired) electrons. The van der Waals surface area contributed by atoms with E-state index < -0.39 is 35.9 Å². The molecule has 0 aromatic heterocycles. The molecule has 0 unspecified atom stereocenters. The number of aliphatic hydroxyl groups excluding tert-OH is 1. The van der Waals surface area contributed by atoms with Crippen LogP contribution in [0.2, 0.25) is 25.7 Å². The van der Waals surface area contributed by atoms with E-state index in [1.807, 2.05) is 20.8 Å². The highest BCUT2D eigenvalue weighted by Crippen LogP contribution is 2.51. The maximum atomic E-state index is 15.1. The predicted octanol–water partition coefficient (Wildman–Crippen LogP) is 6.84. The van der Waals surface area contributed by atoms with Crippen LogP contribution < -0.4 is 0 Å². The van der Waals surface area contributed by atoms with E-state index in [9.17, 15) is 9.90 Å². The second-order valence-corrected chi connectivity index (χ2v) is 19.8. The fourth-order valence-corrected chi connectivity index (χ4v) is 6.19. The molecule has 198 valence electrons. The average molecular weight is 592 g/mol. The first kappa shape index (κ1) is 30.3. The number of amidine groups is 1. The van der Waals surface area contributed by atoms with Crippen molar-refractivity contribution < 1.29 is 23.8 Å². The molecule has 0 saturated heterocycles. The van der Waals surface area contributed by atoms with Gasteiger partial charge in [0.15, 0.2) is 5.17 Å². The van der Waals surface area contributed by atoms with Gasteiger partial charge in [-0.2, -0.15) is 0 Å². The zero-order valence-corrected chi connectivity index (χ0v) is 25.8. The number of aliphatic imine (C=N–C) groups is 1. The van der Waals surface area contributed by atoms with Gasteiger partial charge in [-0.15, -0.1) is 0 Å². The van der Waals surface area contributed by atoms with Gasteiger partial charge in [0.05, 0.1) is 12.1 Å². The lowest BCUT2D eigenvalue weighted by atomic mass is 9.74. The van der Waals surface area contributed by atoms with Gasteiger partial charge >= 0.3 is 6.09 Å². The summed E-state index contributed by atoms with van der Waals surface area (Å²) in [4.78, 5) is 19.6. The van der Waals surface area contributed by atoms with Gasteiger partial charge in [0, 0.05) is 35.4 Å². The highest BCUT2D eigenvalue weighted by molar-refractivity contribution is 9.10. The van der Waals surface area contributed by atoms with E-state index in [-0.39, 0.29) is 19.3 Å². The van der Waals surface area contributed by atoms with Crippen LogP contribution in [0, 0.1) is 11.7 Å². The van der Waals surface area contributed by atoms with Gasteiger partial charge in [0.2, 0.25) is 0 Å². The van der Waals surface area contributed by atoms with Crippen LogP contribution in [0.3, 0.4) is 0 Å². The number of halogens is 2. The molecule has 0 spiro atoms. The Bertz CT molecular complexity index is 952. The first-order valence-corrected chi connectivity index (χ1v) is 17.2. The van der Waals surface area contributed by atoms with Gasteiger partial charge in [0.25, 0.3) is 0 Å². The van der Waals surface area contributed by atoms with Crippen LogP contribution in [0.4, 0.5) is 9.18 Å². The largest absolute Gasteiger partial charge is 0.443 e. The molecule has 1 amide bonds. The van der Waals surface area contributed by atoms with Crippen LogP contribution in [0.1, 0.15) is 47.1 Å². The van der Waals surface area contributed by atoms with Gasteiger partial charge < -0.3 is 14.6 Å². The molecule has 1 heterocycles. The van der Waals surface area contributed by atoms with Crippen molar-refractivity contribution in [1.82, 2.24) is 4.90 Å². The summed E-state index contributed by atoms with van der Waals surface area (Å²) in [7, 11) is -1.33. The molecule has 1 aromatic carbocycles. The van der Waals surface area contributed by atoms with Gasteiger partial charge in [-0.3, -0.25) is 4.99 Å². The third kappa shape index (κ3) is 7.77. The number of thioether (sulfide) groups is 1. The topological polar surface area (TPSA) is 71.4 Å². The molecule has 0 saturated carbocycles. The third-order valence-electron chi connectivity index (χ3n) is 6.26. The van der Waals surface area contributed by atoms with Crippen molar-refractivity contribution in [3.8, 4) is 0 Å². The lowest BCUT2D eigenvalue weighted by molar-refractivity contribution is 0.0107. The number of hydrogen-bond acceptors (Lipinski definition) is 6. The van der Waals surface area contributed by atoms with E-state index >= 15 is 4.39 Å². The van der Waals surface area contributed by atoms with Crippen molar-refractivity contribution >= 4 is 47.0 Å². The zero-order chi connectivity index (χ0) is 26.8. The number of benzene rings is 1. The molecule has 3 atom stereocenters. The molecule has 1 aliphatic rings. The number of amides is 1. The van der Waals surface area contributed by atoms with Gasteiger partial charge in [-0.05, 0) is 58.9 Å². The van der Waals surface area contributed by atoms with Crippen LogP contribution in [-0.4, -0.2) is 59.6 Å². The van der Waals surface area contributed by atoms with E-state index in [2.05, 4.69) is 35.6 Å². The van der Waals surface area contributed by atoms with E-state index in [0.29, 0.717) is 17.3 Å². The average Bonchev–Trinajstić information content (AvgIpc) is 2.71. The zero-order valence-electron chi connectivity index (χ0n) is 22.4. The van der Waals surface area contributed by atoms with Crippen LogP contribution >= 0.6 is 27.7 Å². The highest BCUT2D eigenvalue weighted by atomic mass is 79.9.